The Kier molecular flexibility index (Phi) is 3.48. The van der Waals surface area contributed by atoms with Gasteiger partial charge < -0.3 is 0 Å². The van der Waals surface area contributed by atoms with E-state index in [0.29, 0.717) is 17.0 Å². The number of pyridine rings is 1. The van der Waals surface area contributed by atoms with Gasteiger partial charge in [0.1, 0.15) is 0 Å². The van der Waals surface area contributed by atoms with E-state index in [9.17, 15) is 4.79 Å². The molecule has 0 bridgehead atoms. The number of ketones is 1. The van der Waals surface area contributed by atoms with E-state index in [0.717, 1.165) is 16.5 Å². The van der Waals surface area contributed by atoms with Crippen molar-refractivity contribution in [1.29, 1.82) is 0 Å². The Morgan fingerprint density at radius 1 is 1.00 bits per heavy atom. The molecule has 0 saturated carbocycles. The smallest absolute Gasteiger partial charge is 0.167 e. The number of fused-ring (bicyclic) bond motifs is 1. The van der Waals surface area contributed by atoms with Crippen LogP contribution in [0.3, 0.4) is 0 Å². The number of aromatic nitrogens is 1. The van der Waals surface area contributed by atoms with Gasteiger partial charge in [-0.25, -0.2) is 0 Å². The van der Waals surface area contributed by atoms with Gasteiger partial charge in [-0.15, -0.1) is 0 Å². The summed E-state index contributed by atoms with van der Waals surface area (Å²) in [6.07, 6.45) is 2.11. The van der Waals surface area contributed by atoms with E-state index in [-0.39, 0.29) is 5.78 Å². The second-order valence-electron chi connectivity index (χ2n) is 4.59. The number of rotatable bonds is 3. The lowest BCUT2D eigenvalue weighted by molar-refractivity contribution is 0.0993. The molecular weight excluding hydrogens is 270 g/mol. The van der Waals surface area contributed by atoms with E-state index < -0.39 is 0 Å². The molecule has 0 N–H and O–H groups in total. The largest absolute Gasteiger partial charge is 0.294 e. The van der Waals surface area contributed by atoms with Crippen LogP contribution in [0.2, 0.25) is 5.02 Å². The number of hydrogen-bond donors (Lipinski definition) is 0. The van der Waals surface area contributed by atoms with Crippen molar-refractivity contribution in [1.82, 2.24) is 4.98 Å². The standard InChI is InChI=1S/C17H12ClNO/c18-14-7-5-12(6-8-14)17(20)11-13-9-10-19-16-4-2-1-3-15(13)16/h1-10H,11H2. The molecule has 0 aliphatic heterocycles. The molecule has 0 saturated heterocycles. The summed E-state index contributed by atoms with van der Waals surface area (Å²) in [5.41, 5.74) is 2.58. The van der Waals surface area contributed by atoms with Crippen LogP contribution in [0.4, 0.5) is 0 Å². The summed E-state index contributed by atoms with van der Waals surface area (Å²) in [4.78, 5) is 16.6. The highest BCUT2D eigenvalue weighted by atomic mass is 35.5. The number of carbonyl (C=O) groups excluding carboxylic acids is 1. The van der Waals surface area contributed by atoms with Crippen LogP contribution in [0.1, 0.15) is 15.9 Å². The van der Waals surface area contributed by atoms with Crippen molar-refractivity contribution in [2.75, 3.05) is 0 Å². The number of benzene rings is 2. The van der Waals surface area contributed by atoms with Crippen molar-refractivity contribution in [2.45, 2.75) is 6.42 Å². The van der Waals surface area contributed by atoms with Crippen LogP contribution in [0.15, 0.2) is 60.8 Å². The molecule has 98 valence electrons. The van der Waals surface area contributed by atoms with Crippen LogP contribution in [-0.2, 0) is 6.42 Å². The molecule has 0 atom stereocenters. The van der Waals surface area contributed by atoms with E-state index in [4.69, 9.17) is 11.6 Å². The fourth-order valence-corrected chi connectivity index (χ4v) is 2.35. The first-order valence-electron chi connectivity index (χ1n) is 6.35. The Labute approximate surface area is 122 Å². The molecule has 1 heterocycles. The summed E-state index contributed by atoms with van der Waals surface area (Å²) in [5, 5.41) is 1.66. The van der Waals surface area contributed by atoms with E-state index in [1.165, 1.54) is 0 Å². The SMILES string of the molecule is O=C(Cc1ccnc2ccccc12)c1ccc(Cl)cc1. The minimum atomic E-state index is 0.0815. The maximum atomic E-state index is 12.3. The lowest BCUT2D eigenvalue weighted by Crippen LogP contribution is -2.04. The van der Waals surface area contributed by atoms with Gasteiger partial charge in [0.15, 0.2) is 5.78 Å². The molecule has 3 aromatic rings. The van der Waals surface area contributed by atoms with Crippen molar-refractivity contribution >= 4 is 28.3 Å². The first-order valence-corrected chi connectivity index (χ1v) is 6.73. The number of halogens is 1. The van der Waals surface area contributed by atoms with Crippen molar-refractivity contribution in [3.05, 3.63) is 76.9 Å². The molecule has 0 amide bonds. The van der Waals surface area contributed by atoms with Gasteiger partial charge in [-0.2, -0.15) is 0 Å². The molecule has 2 aromatic carbocycles. The molecule has 0 fully saturated rings. The van der Waals surface area contributed by atoms with Crippen molar-refractivity contribution in [2.24, 2.45) is 0 Å². The molecule has 0 aliphatic rings. The highest BCUT2D eigenvalue weighted by molar-refractivity contribution is 6.30. The minimum absolute atomic E-state index is 0.0815. The lowest BCUT2D eigenvalue weighted by Gasteiger charge is -2.05. The molecule has 2 nitrogen and oxygen atoms in total. The van der Waals surface area contributed by atoms with Gasteiger partial charge in [0, 0.05) is 28.6 Å². The fourth-order valence-electron chi connectivity index (χ4n) is 2.22. The van der Waals surface area contributed by atoms with Gasteiger partial charge in [-0.3, -0.25) is 9.78 Å². The number of para-hydroxylation sites is 1. The zero-order valence-corrected chi connectivity index (χ0v) is 11.5. The number of carbonyl (C=O) groups is 1. The van der Waals surface area contributed by atoms with Crippen molar-refractivity contribution in [3.8, 4) is 0 Å². The first kappa shape index (κ1) is 12.8. The Bertz CT molecular complexity index is 760. The third kappa shape index (κ3) is 2.56. The minimum Gasteiger partial charge on any atom is -0.294 e. The van der Waals surface area contributed by atoms with E-state index in [1.807, 2.05) is 30.3 Å². The Morgan fingerprint density at radius 2 is 1.75 bits per heavy atom. The quantitative estimate of drug-likeness (QED) is 0.670. The summed E-state index contributed by atoms with van der Waals surface area (Å²) < 4.78 is 0. The molecule has 0 unspecified atom stereocenters. The molecule has 0 spiro atoms. The highest BCUT2D eigenvalue weighted by Gasteiger charge is 2.09. The molecule has 3 rings (SSSR count). The summed E-state index contributed by atoms with van der Waals surface area (Å²) in [7, 11) is 0. The van der Waals surface area contributed by atoms with Crippen LogP contribution < -0.4 is 0 Å². The number of hydrogen-bond acceptors (Lipinski definition) is 2. The van der Waals surface area contributed by atoms with E-state index >= 15 is 0 Å². The van der Waals surface area contributed by atoms with Crippen LogP contribution in [0.5, 0.6) is 0 Å². The van der Waals surface area contributed by atoms with Gasteiger partial charge in [-0.1, -0.05) is 29.8 Å². The predicted molar refractivity (Wildman–Crippen MR) is 81.2 cm³/mol. The van der Waals surface area contributed by atoms with E-state index in [2.05, 4.69) is 4.98 Å². The van der Waals surface area contributed by atoms with Gasteiger partial charge in [0.25, 0.3) is 0 Å². The summed E-state index contributed by atoms with van der Waals surface area (Å²) >= 11 is 5.84. The van der Waals surface area contributed by atoms with Crippen LogP contribution in [0, 0.1) is 0 Å². The maximum Gasteiger partial charge on any atom is 0.167 e. The molecule has 1 aromatic heterocycles. The Hall–Kier alpha value is -2.19. The average Bonchev–Trinajstić information content (AvgIpc) is 2.48. The molecule has 0 aliphatic carbocycles. The van der Waals surface area contributed by atoms with Gasteiger partial charge in [0.05, 0.1) is 5.52 Å². The second kappa shape index (κ2) is 5.43. The Morgan fingerprint density at radius 3 is 2.55 bits per heavy atom. The van der Waals surface area contributed by atoms with Crippen LogP contribution in [0.25, 0.3) is 10.9 Å². The third-order valence-corrected chi connectivity index (χ3v) is 3.51. The summed E-state index contributed by atoms with van der Waals surface area (Å²) in [6.45, 7) is 0. The lowest BCUT2D eigenvalue weighted by atomic mass is 10.0. The van der Waals surface area contributed by atoms with Crippen molar-refractivity contribution < 1.29 is 4.79 Å². The summed E-state index contributed by atoms with van der Waals surface area (Å²) in [6, 6.07) is 16.7. The normalized spacial score (nSPS) is 10.7. The number of nitrogens with zero attached hydrogens (tertiary/aromatic N) is 1. The third-order valence-electron chi connectivity index (χ3n) is 3.26. The molecule has 3 heteroatoms. The highest BCUT2D eigenvalue weighted by Crippen LogP contribution is 2.19. The van der Waals surface area contributed by atoms with E-state index in [1.54, 1.807) is 30.5 Å². The van der Waals surface area contributed by atoms with Crippen LogP contribution >= 0.6 is 11.6 Å². The molecule has 0 radical (unpaired) electrons. The molecular formula is C17H12ClNO. The van der Waals surface area contributed by atoms with Gasteiger partial charge in [0.2, 0.25) is 0 Å². The second-order valence-corrected chi connectivity index (χ2v) is 5.03. The zero-order valence-electron chi connectivity index (χ0n) is 10.7. The first-order chi connectivity index (χ1) is 9.74. The topological polar surface area (TPSA) is 30.0 Å². The number of Topliss-reactive ketones (excluding diaryl/α,β-unsaturated/α-hetero) is 1. The molecule has 20 heavy (non-hydrogen) atoms. The predicted octanol–water partition coefficient (Wildman–Crippen LogP) is 4.31. The Balaban J connectivity index is 1.93. The van der Waals surface area contributed by atoms with Crippen LogP contribution in [-0.4, -0.2) is 10.8 Å². The van der Waals surface area contributed by atoms with Crippen molar-refractivity contribution in [3.63, 3.8) is 0 Å². The monoisotopic (exact) mass is 281 g/mol. The zero-order chi connectivity index (χ0) is 13.9. The maximum absolute atomic E-state index is 12.3. The average molecular weight is 282 g/mol. The fraction of sp³-hybridized carbons (Fsp3) is 0.0588. The van der Waals surface area contributed by atoms with Gasteiger partial charge in [-0.05, 0) is 42.0 Å². The van der Waals surface area contributed by atoms with Gasteiger partial charge >= 0.3 is 0 Å². The summed E-state index contributed by atoms with van der Waals surface area (Å²) in [5.74, 6) is 0.0815.